The van der Waals surface area contributed by atoms with Crippen molar-refractivity contribution in [2.24, 2.45) is 0 Å². The van der Waals surface area contributed by atoms with Gasteiger partial charge in [0.15, 0.2) is 5.78 Å². The van der Waals surface area contributed by atoms with Crippen LogP contribution < -0.4 is 5.32 Å². The molecule has 0 unspecified atom stereocenters. The number of aromatic nitrogens is 1. The molecule has 5 rings (SSSR count). The predicted molar refractivity (Wildman–Crippen MR) is 134 cm³/mol. The van der Waals surface area contributed by atoms with E-state index in [0.717, 1.165) is 38.7 Å². The highest BCUT2D eigenvalue weighted by atomic mass is 35.5. The lowest BCUT2D eigenvalue weighted by Crippen LogP contribution is -1.97. The van der Waals surface area contributed by atoms with Gasteiger partial charge in [-0.15, -0.1) is 0 Å². The van der Waals surface area contributed by atoms with Crippen LogP contribution in [-0.4, -0.2) is 10.8 Å². The third-order valence-electron chi connectivity index (χ3n) is 5.30. The van der Waals surface area contributed by atoms with Crippen LogP contribution in [0.5, 0.6) is 0 Å². The van der Waals surface area contributed by atoms with Gasteiger partial charge in [-0.25, -0.2) is 4.98 Å². The summed E-state index contributed by atoms with van der Waals surface area (Å²) < 4.78 is 0. The van der Waals surface area contributed by atoms with Gasteiger partial charge in [-0.1, -0.05) is 66.2 Å². The van der Waals surface area contributed by atoms with Crippen molar-refractivity contribution in [2.75, 3.05) is 5.32 Å². The minimum absolute atomic E-state index is 0.0589. The van der Waals surface area contributed by atoms with Crippen molar-refractivity contribution in [2.45, 2.75) is 0 Å². The van der Waals surface area contributed by atoms with Gasteiger partial charge in [0.1, 0.15) is 0 Å². The molecule has 1 N–H and O–H groups in total. The molecular formula is C28H19ClN2O. The number of benzene rings is 4. The predicted octanol–water partition coefficient (Wildman–Crippen LogP) is 7.68. The summed E-state index contributed by atoms with van der Waals surface area (Å²) in [7, 11) is 0. The summed E-state index contributed by atoms with van der Waals surface area (Å²) in [6.07, 6.45) is 3.34. The molecule has 1 heterocycles. The minimum atomic E-state index is -0.0589. The van der Waals surface area contributed by atoms with Crippen molar-refractivity contribution in [1.29, 1.82) is 0 Å². The molecule has 32 heavy (non-hydrogen) atoms. The van der Waals surface area contributed by atoms with E-state index >= 15 is 0 Å². The van der Waals surface area contributed by atoms with Gasteiger partial charge in [0, 0.05) is 27.0 Å². The Balaban J connectivity index is 1.42. The zero-order valence-corrected chi connectivity index (χ0v) is 17.9. The molecule has 0 saturated heterocycles. The summed E-state index contributed by atoms with van der Waals surface area (Å²) in [6, 6.07) is 31.1. The fourth-order valence-electron chi connectivity index (χ4n) is 3.72. The molecule has 0 atom stereocenters. The maximum Gasteiger partial charge on any atom is 0.185 e. The highest BCUT2D eigenvalue weighted by Gasteiger charge is 2.09. The number of pyridine rings is 1. The average molecular weight is 435 g/mol. The van der Waals surface area contributed by atoms with E-state index in [4.69, 9.17) is 16.6 Å². The molecule has 0 bridgehead atoms. The third kappa shape index (κ3) is 4.11. The Morgan fingerprint density at radius 3 is 2.09 bits per heavy atom. The first-order valence-electron chi connectivity index (χ1n) is 10.3. The first-order valence-corrected chi connectivity index (χ1v) is 10.7. The third-order valence-corrected chi connectivity index (χ3v) is 5.54. The number of allylic oxidation sites excluding steroid dienone is 1. The van der Waals surface area contributed by atoms with Crippen LogP contribution in [0.1, 0.15) is 15.9 Å². The Labute approximate surface area is 191 Å². The van der Waals surface area contributed by atoms with Gasteiger partial charge in [0.05, 0.1) is 16.7 Å². The van der Waals surface area contributed by atoms with E-state index in [1.807, 2.05) is 84.9 Å². The van der Waals surface area contributed by atoms with Crippen LogP contribution in [0.2, 0.25) is 5.02 Å². The second-order valence-corrected chi connectivity index (χ2v) is 7.91. The molecular weight excluding hydrogens is 416 g/mol. The number of anilines is 2. The lowest BCUT2D eigenvalue weighted by atomic mass is 10.1. The van der Waals surface area contributed by atoms with Crippen LogP contribution in [0.3, 0.4) is 0 Å². The van der Waals surface area contributed by atoms with Crippen LogP contribution in [0, 0.1) is 0 Å². The first-order chi connectivity index (χ1) is 15.7. The zero-order chi connectivity index (χ0) is 21.9. The number of halogens is 1. The first kappa shape index (κ1) is 20.0. The number of nitrogens with zero attached hydrogens (tertiary/aromatic N) is 1. The van der Waals surface area contributed by atoms with Gasteiger partial charge in [0.25, 0.3) is 0 Å². The number of para-hydroxylation sites is 2. The smallest absolute Gasteiger partial charge is 0.185 e. The number of ketones is 1. The molecule has 4 aromatic carbocycles. The maximum absolute atomic E-state index is 12.6. The van der Waals surface area contributed by atoms with Crippen molar-refractivity contribution < 1.29 is 4.79 Å². The summed E-state index contributed by atoms with van der Waals surface area (Å²) in [5.41, 5.74) is 5.30. The molecule has 0 aliphatic carbocycles. The van der Waals surface area contributed by atoms with Gasteiger partial charge in [-0.3, -0.25) is 4.79 Å². The van der Waals surface area contributed by atoms with Crippen molar-refractivity contribution in [3.05, 3.63) is 119 Å². The van der Waals surface area contributed by atoms with Crippen molar-refractivity contribution >= 4 is 56.6 Å². The summed E-state index contributed by atoms with van der Waals surface area (Å²) in [4.78, 5) is 17.3. The van der Waals surface area contributed by atoms with Gasteiger partial charge in [-0.2, -0.15) is 0 Å². The molecule has 5 aromatic rings. The van der Waals surface area contributed by atoms with Crippen LogP contribution >= 0.6 is 11.6 Å². The number of fused-ring (bicyclic) bond motifs is 2. The number of carbonyl (C=O) groups is 1. The average Bonchev–Trinajstić information content (AvgIpc) is 2.83. The number of hydrogen-bond donors (Lipinski definition) is 1. The van der Waals surface area contributed by atoms with E-state index in [9.17, 15) is 4.79 Å². The Morgan fingerprint density at radius 1 is 0.781 bits per heavy atom. The summed E-state index contributed by atoms with van der Waals surface area (Å²) in [5.74, 6) is -0.0589. The lowest BCUT2D eigenvalue weighted by Gasteiger charge is -2.13. The van der Waals surface area contributed by atoms with Crippen LogP contribution in [0.25, 0.3) is 27.9 Å². The number of nitrogens with one attached hydrogen (secondary N) is 1. The SMILES string of the molecule is O=C(/C=C/c1cccc(Cl)c1)c1ccc(Nc2c3ccccc3nc3ccccc23)cc1. The molecule has 1 aromatic heterocycles. The molecule has 0 fully saturated rings. The quantitative estimate of drug-likeness (QED) is 0.175. The minimum Gasteiger partial charge on any atom is -0.354 e. The summed E-state index contributed by atoms with van der Waals surface area (Å²) in [5, 5.41) is 6.28. The van der Waals surface area contributed by atoms with E-state index < -0.39 is 0 Å². The monoisotopic (exact) mass is 434 g/mol. The fourth-order valence-corrected chi connectivity index (χ4v) is 3.91. The molecule has 0 amide bonds. The van der Waals surface area contributed by atoms with E-state index in [1.165, 1.54) is 0 Å². The second kappa shape index (κ2) is 8.66. The highest BCUT2D eigenvalue weighted by molar-refractivity contribution is 6.30. The summed E-state index contributed by atoms with van der Waals surface area (Å²) in [6.45, 7) is 0. The van der Waals surface area contributed by atoms with Gasteiger partial charge < -0.3 is 5.32 Å². The van der Waals surface area contributed by atoms with E-state index in [2.05, 4.69) is 17.4 Å². The van der Waals surface area contributed by atoms with Crippen molar-refractivity contribution in [3.8, 4) is 0 Å². The highest BCUT2D eigenvalue weighted by Crippen LogP contribution is 2.33. The molecule has 4 heteroatoms. The topological polar surface area (TPSA) is 42.0 Å². The van der Waals surface area contributed by atoms with Gasteiger partial charge in [-0.05, 0) is 60.2 Å². The van der Waals surface area contributed by atoms with Crippen LogP contribution in [0.4, 0.5) is 11.4 Å². The Bertz CT molecular complexity index is 1420. The number of carbonyl (C=O) groups excluding carboxylic acids is 1. The van der Waals surface area contributed by atoms with Crippen molar-refractivity contribution in [1.82, 2.24) is 4.98 Å². The Hall–Kier alpha value is -3.95. The largest absolute Gasteiger partial charge is 0.354 e. The van der Waals surface area contributed by atoms with E-state index in [1.54, 1.807) is 12.2 Å². The molecule has 0 spiro atoms. The van der Waals surface area contributed by atoms with Crippen LogP contribution in [-0.2, 0) is 0 Å². The number of hydrogen-bond acceptors (Lipinski definition) is 3. The molecule has 3 nitrogen and oxygen atoms in total. The molecule has 0 aliphatic rings. The maximum atomic E-state index is 12.6. The Kier molecular flexibility index (Phi) is 5.40. The van der Waals surface area contributed by atoms with Crippen molar-refractivity contribution in [3.63, 3.8) is 0 Å². The zero-order valence-electron chi connectivity index (χ0n) is 17.1. The second-order valence-electron chi connectivity index (χ2n) is 7.48. The summed E-state index contributed by atoms with van der Waals surface area (Å²) >= 11 is 6.00. The standard InChI is InChI=1S/C28H19ClN2O/c29-21-7-5-6-19(18-21)12-17-27(32)20-13-15-22(16-14-20)30-28-23-8-1-3-10-25(23)31-26-11-4-2-9-24(26)28/h1-18H,(H,30,31)/b17-12+. The molecule has 0 aliphatic heterocycles. The molecule has 0 radical (unpaired) electrons. The van der Waals surface area contributed by atoms with Gasteiger partial charge in [0.2, 0.25) is 0 Å². The number of rotatable bonds is 5. The Morgan fingerprint density at radius 2 is 1.44 bits per heavy atom. The van der Waals surface area contributed by atoms with Crippen LogP contribution in [0.15, 0.2) is 103 Å². The van der Waals surface area contributed by atoms with Gasteiger partial charge >= 0.3 is 0 Å². The van der Waals surface area contributed by atoms with E-state index in [-0.39, 0.29) is 5.78 Å². The molecule has 154 valence electrons. The lowest BCUT2D eigenvalue weighted by molar-refractivity contribution is 0.104. The fraction of sp³-hybridized carbons (Fsp3) is 0. The normalized spacial score (nSPS) is 11.3. The van der Waals surface area contributed by atoms with E-state index in [0.29, 0.717) is 10.6 Å². The molecule has 0 saturated carbocycles.